The van der Waals surface area contributed by atoms with Crippen molar-refractivity contribution in [3.8, 4) is 16.9 Å². The molecule has 1 aliphatic heterocycles. The van der Waals surface area contributed by atoms with E-state index in [1.165, 1.54) is 5.39 Å². The number of aliphatic hydroxyl groups excluding tert-OH is 1. The molecule has 31 heavy (non-hydrogen) atoms. The topological polar surface area (TPSA) is 51.2 Å². The number of likely N-dealkylation sites (N-methyl/N-ethyl adjacent to an activating group) is 1. The predicted octanol–water partition coefficient (Wildman–Crippen LogP) is 4.61. The fourth-order valence-corrected chi connectivity index (χ4v) is 3.94. The molecule has 1 heterocycles. The van der Waals surface area contributed by atoms with Gasteiger partial charge < -0.3 is 19.3 Å². The first-order valence-electron chi connectivity index (χ1n) is 10.4. The molecule has 0 aliphatic carbocycles. The maximum absolute atomic E-state index is 9.13. The highest BCUT2D eigenvalue weighted by Gasteiger charge is 2.38. The largest absolute Gasteiger partial charge is 0.497 e. The van der Waals surface area contributed by atoms with Gasteiger partial charge in [0.25, 0.3) is 0 Å². The number of ether oxygens (including phenoxy) is 3. The number of nitrogens with zero attached hydrogens (tertiary/aromatic N) is 1. The van der Waals surface area contributed by atoms with Crippen LogP contribution in [0.25, 0.3) is 21.9 Å². The van der Waals surface area contributed by atoms with Crippen LogP contribution in [-0.4, -0.2) is 57.1 Å². The lowest BCUT2D eigenvalue weighted by molar-refractivity contribution is -0.275. The molecule has 0 aromatic heterocycles. The summed E-state index contributed by atoms with van der Waals surface area (Å²) in [5.41, 5.74) is 3.31. The Morgan fingerprint density at radius 3 is 2.42 bits per heavy atom. The van der Waals surface area contributed by atoms with Gasteiger partial charge in [0.2, 0.25) is 5.79 Å². The molecule has 1 fully saturated rings. The molecule has 166 valence electrons. The van der Waals surface area contributed by atoms with Gasteiger partial charge in [-0.3, -0.25) is 4.90 Å². The third-order valence-electron chi connectivity index (χ3n) is 5.63. The highest BCUT2D eigenvalue weighted by molar-refractivity contribution is 8.93. The average molecular weight is 488 g/mol. The Bertz CT molecular complexity index is 994. The molecule has 6 heteroatoms. The average Bonchev–Trinajstić information content (AvgIpc) is 2.78. The van der Waals surface area contributed by atoms with Crippen molar-refractivity contribution < 1.29 is 19.3 Å². The second-order valence-electron chi connectivity index (χ2n) is 7.77. The molecule has 4 rings (SSSR count). The van der Waals surface area contributed by atoms with Gasteiger partial charge in [-0.15, -0.1) is 17.0 Å². The van der Waals surface area contributed by atoms with Gasteiger partial charge in [-0.2, -0.15) is 0 Å². The standard InChI is InChI=1S/C25H29NO4.BrH/c1-26-12-15-30-25(18-26,29-14-3-13-27)23-9-6-19(7-10-23)20-4-5-22-17-24(28-2)11-8-21(22)16-20;/h4-11,16-17,27H,3,12-15,18H2,1-2H3;1H. The van der Waals surface area contributed by atoms with Gasteiger partial charge in [-0.25, -0.2) is 0 Å². The summed E-state index contributed by atoms with van der Waals surface area (Å²) in [6.07, 6.45) is 0.592. The number of halogens is 1. The van der Waals surface area contributed by atoms with Crippen LogP contribution in [0.2, 0.25) is 0 Å². The molecular weight excluding hydrogens is 458 g/mol. The minimum Gasteiger partial charge on any atom is -0.497 e. The number of morpholine rings is 1. The van der Waals surface area contributed by atoms with Gasteiger partial charge in [0.05, 0.1) is 26.9 Å². The predicted molar refractivity (Wildman–Crippen MR) is 129 cm³/mol. The van der Waals surface area contributed by atoms with Crippen LogP contribution in [0, 0.1) is 0 Å². The zero-order valence-electron chi connectivity index (χ0n) is 18.0. The Labute approximate surface area is 194 Å². The van der Waals surface area contributed by atoms with Crippen molar-refractivity contribution in [2.45, 2.75) is 12.2 Å². The summed E-state index contributed by atoms with van der Waals surface area (Å²) < 4.78 is 17.6. The summed E-state index contributed by atoms with van der Waals surface area (Å²) in [7, 11) is 3.76. The fourth-order valence-electron chi connectivity index (χ4n) is 3.94. The molecule has 1 N–H and O–H groups in total. The minimum atomic E-state index is -0.791. The third kappa shape index (κ3) is 5.27. The van der Waals surface area contributed by atoms with Gasteiger partial charge in [0, 0.05) is 18.7 Å². The number of rotatable bonds is 7. The van der Waals surface area contributed by atoms with Crippen molar-refractivity contribution in [1.29, 1.82) is 0 Å². The molecule has 1 saturated heterocycles. The Balaban J connectivity index is 0.00000272. The number of benzene rings is 3. The molecule has 1 atom stereocenters. The van der Waals surface area contributed by atoms with Crippen molar-refractivity contribution in [3.05, 3.63) is 66.2 Å². The number of fused-ring (bicyclic) bond motifs is 1. The lowest BCUT2D eigenvalue weighted by Crippen LogP contribution is -2.50. The number of hydrogen-bond donors (Lipinski definition) is 1. The summed E-state index contributed by atoms with van der Waals surface area (Å²) in [5.74, 6) is 0.0734. The van der Waals surface area contributed by atoms with E-state index < -0.39 is 5.79 Å². The molecule has 0 saturated carbocycles. The Morgan fingerprint density at radius 1 is 1.00 bits per heavy atom. The van der Waals surface area contributed by atoms with Crippen LogP contribution in [0.5, 0.6) is 5.75 Å². The SMILES string of the molecule is Br.COc1ccc2cc(-c3ccc(C4(OCCCO)CN(C)CCO4)cc3)ccc2c1. The fraction of sp³-hybridized carbons (Fsp3) is 0.360. The van der Waals surface area contributed by atoms with Crippen molar-refractivity contribution in [3.63, 3.8) is 0 Å². The summed E-state index contributed by atoms with van der Waals surface area (Å²) in [6.45, 7) is 2.73. The van der Waals surface area contributed by atoms with E-state index in [0.29, 0.717) is 26.2 Å². The van der Waals surface area contributed by atoms with E-state index in [-0.39, 0.29) is 23.6 Å². The first-order chi connectivity index (χ1) is 14.6. The Morgan fingerprint density at radius 2 is 1.71 bits per heavy atom. The summed E-state index contributed by atoms with van der Waals surface area (Å²) in [6, 6.07) is 21.0. The second-order valence-corrected chi connectivity index (χ2v) is 7.77. The van der Waals surface area contributed by atoms with Crippen LogP contribution in [0.4, 0.5) is 0 Å². The third-order valence-corrected chi connectivity index (χ3v) is 5.63. The lowest BCUT2D eigenvalue weighted by atomic mass is 9.97. The molecule has 3 aromatic carbocycles. The van der Waals surface area contributed by atoms with Crippen molar-refractivity contribution in [1.82, 2.24) is 4.90 Å². The Kier molecular flexibility index (Phi) is 8.08. The van der Waals surface area contributed by atoms with Crippen molar-refractivity contribution in [2.75, 3.05) is 47.1 Å². The highest BCUT2D eigenvalue weighted by atomic mass is 79.9. The number of hydrogen-bond acceptors (Lipinski definition) is 5. The molecule has 1 unspecified atom stereocenters. The van der Waals surface area contributed by atoms with Gasteiger partial charge in [0.1, 0.15) is 5.75 Å². The van der Waals surface area contributed by atoms with Crippen LogP contribution in [-0.2, 0) is 15.3 Å². The van der Waals surface area contributed by atoms with E-state index in [0.717, 1.165) is 34.4 Å². The van der Waals surface area contributed by atoms with Gasteiger partial charge in [-0.05, 0) is 53.6 Å². The molecule has 0 bridgehead atoms. The molecule has 5 nitrogen and oxygen atoms in total. The van der Waals surface area contributed by atoms with E-state index in [4.69, 9.17) is 19.3 Å². The normalized spacial score (nSPS) is 19.2. The maximum Gasteiger partial charge on any atom is 0.208 e. The minimum absolute atomic E-state index is 0. The van der Waals surface area contributed by atoms with Crippen LogP contribution >= 0.6 is 17.0 Å². The molecule has 0 radical (unpaired) electrons. The number of aliphatic hydroxyl groups is 1. The first kappa shape index (κ1) is 23.7. The van der Waals surface area contributed by atoms with Crippen LogP contribution in [0.3, 0.4) is 0 Å². The summed E-state index contributed by atoms with van der Waals surface area (Å²) >= 11 is 0. The second kappa shape index (κ2) is 10.6. The zero-order chi connectivity index (χ0) is 21.0. The van der Waals surface area contributed by atoms with E-state index in [1.54, 1.807) is 7.11 Å². The van der Waals surface area contributed by atoms with E-state index >= 15 is 0 Å². The van der Waals surface area contributed by atoms with Crippen LogP contribution in [0.1, 0.15) is 12.0 Å². The van der Waals surface area contributed by atoms with E-state index in [2.05, 4.69) is 60.5 Å². The van der Waals surface area contributed by atoms with Gasteiger partial charge >= 0.3 is 0 Å². The quantitative estimate of drug-likeness (QED) is 0.493. The first-order valence-corrected chi connectivity index (χ1v) is 10.4. The van der Waals surface area contributed by atoms with Gasteiger partial charge in [-0.1, -0.05) is 42.5 Å². The lowest BCUT2D eigenvalue weighted by Gasteiger charge is -2.41. The highest BCUT2D eigenvalue weighted by Crippen LogP contribution is 2.33. The van der Waals surface area contributed by atoms with Crippen LogP contribution < -0.4 is 4.74 Å². The molecule has 3 aromatic rings. The monoisotopic (exact) mass is 487 g/mol. The van der Waals surface area contributed by atoms with E-state index in [9.17, 15) is 0 Å². The molecule has 0 amide bonds. The summed E-state index contributed by atoms with van der Waals surface area (Å²) in [5, 5.41) is 11.5. The number of methoxy groups -OCH3 is 1. The van der Waals surface area contributed by atoms with Gasteiger partial charge in [0.15, 0.2) is 0 Å². The molecule has 1 aliphatic rings. The molecule has 0 spiro atoms. The van der Waals surface area contributed by atoms with E-state index in [1.807, 2.05) is 12.1 Å². The Hall–Kier alpha value is -1.96. The summed E-state index contributed by atoms with van der Waals surface area (Å²) in [4.78, 5) is 2.22. The molecular formula is C25H30BrNO4. The zero-order valence-corrected chi connectivity index (χ0v) is 19.8. The van der Waals surface area contributed by atoms with Crippen molar-refractivity contribution >= 4 is 27.8 Å². The van der Waals surface area contributed by atoms with Crippen molar-refractivity contribution in [2.24, 2.45) is 0 Å². The van der Waals surface area contributed by atoms with Crippen LogP contribution in [0.15, 0.2) is 60.7 Å². The maximum atomic E-state index is 9.13. The smallest absolute Gasteiger partial charge is 0.208 e.